The lowest BCUT2D eigenvalue weighted by Crippen LogP contribution is -2.25. The van der Waals surface area contributed by atoms with Crippen molar-refractivity contribution in [2.24, 2.45) is 20.5 Å². The first-order valence-corrected chi connectivity index (χ1v) is 12.9. The van der Waals surface area contributed by atoms with Crippen LogP contribution in [0.15, 0.2) is 99.3 Å². The fourth-order valence-electron chi connectivity index (χ4n) is 4.09. The number of nitrogens with two attached hydrogens (primary N) is 1. The third-order valence-corrected chi connectivity index (χ3v) is 6.20. The van der Waals surface area contributed by atoms with Crippen molar-refractivity contribution < 1.29 is 5.11 Å². The first kappa shape index (κ1) is 25.8. The quantitative estimate of drug-likeness (QED) is 0.160. The second kappa shape index (κ2) is 12.6. The van der Waals surface area contributed by atoms with Crippen LogP contribution in [0.2, 0.25) is 0 Å². The van der Waals surface area contributed by atoms with Crippen LogP contribution in [-0.4, -0.2) is 18.2 Å². The molecule has 0 amide bonds. The Hall–Kier alpha value is -4.26. The predicted octanol–water partition coefficient (Wildman–Crippen LogP) is 9.37. The topological polar surface area (TPSA) is 98.9 Å². The number of benzene rings is 4. The van der Waals surface area contributed by atoms with E-state index < -0.39 is 0 Å². The number of fused-ring (bicyclic) bond motifs is 1. The highest BCUT2D eigenvalue weighted by Crippen LogP contribution is 2.39. The Morgan fingerprint density at radius 2 is 1.22 bits per heavy atom. The van der Waals surface area contributed by atoms with E-state index in [1.165, 1.54) is 31.4 Å². The van der Waals surface area contributed by atoms with E-state index >= 15 is 0 Å². The number of unbranched alkanes of at least 4 members (excludes halogenated alkanes) is 2. The largest absolute Gasteiger partial charge is 0.506 e. The van der Waals surface area contributed by atoms with Gasteiger partial charge in [0.05, 0.1) is 17.1 Å². The molecule has 0 atom stereocenters. The molecule has 0 saturated heterocycles. The van der Waals surface area contributed by atoms with Crippen molar-refractivity contribution in [1.82, 2.24) is 0 Å². The third kappa shape index (κ3) is 6.70. The molecule has 0 heterocycles. The van der Waals surface area contributed by atoms with Crippen LogP contribution in [0.3, 0.4) is 0 Å². The second-order valence-corrected chi connectivity index (χ2v) is 9.01. The lowest BCUT2D eigenvalue weighted by molar-refractivity contribution is 0.477. The van der Waals surface area contributed by atoms with E-state index in [0.717, 1.165) is 24.2 Å². The smallest absolute Gasteiger partial charge is 0.143 e. The summed E-state index contributed by atoms with van der Waals surface area (Å²) in [5.74, 6) is 0.0319. The molecule has 3 N–H and O–H groups in total. The fraction of sp³-hybridized carbons (Fsp3) is 0.267. The van der Waals surface area contributed by atoms with E-state index in [1.807, 2.05) is 54.6 Å². The lowest BCUT2D eigenvalue weighted by atomic mass is 10.1. The van der Waals surface area contributed by atoms with Crippen LogP contribution in [0.5, 0.6) is 5.75 Å². The van der Waals surface area contributed by atoms with Crippen molar-refractivity contribution >= 4 is 44.9 Å². The molecule has 0 bridgehead atoms. The number of phenols is 1. The third-order valence-electron chi connectivity index (χ3n) is 6.20. The highest BCUT2D eigenvalue weighted by molar-refractivity contribution is 6.03. The van der Waals surface area contributed by atoms with Crippen molar-refractivity contribution in [3.8, 4) is 5.75 Å². The molecule has 0 fully saturated rings. The first-order chi connectivity index (χ1) is 18.1. The number of hydrogen-bond donors (Lipinski definition) is 2. The van der Waals surface area contributed by atoms with E-state index in [-0.39, 0.29) is 5.75 Å². The van der Waals surface area contributed by atoms with Gasteiger partial charge in [-0.1, -0.05) is 44.9 Å². The van der Waals surface area contributed by atoms with Gasteiger partial charge >= 0.3 is 0 Å². The number of aromatic hydroxyl groups is 1. The highest BCUT2D eigenvalue weighted by Gasteiger charge is 2.09. The van der Waals surface area contributed by atoms with Gasteiger partial charge in [0.2, 0.25) is 0 Å². The summed E-state index contributed by atoms with van der Waals surface area (Å²) in [5.41, 5.74) is 10.4. The second-order valence-electron chi connectivity index (χ2n) is 9.01. The predicted molar refractivity (Wildman–Crippen MR) is 153 cm³/mol. The summed E-state index contributed by atoms with van der Waals surface area (Å²) in [6.07, 6.45) is 4.76. The Bertz CT molecular complexity index is 1360. The first-order valence-electron chi connectivity index (χ1n) is 12.9. The molecule has 7 nitrogen and oxygen atoms in total. The normalized spacial score (nSPS) is 11.6. The van der Waals surface area contributed by atoms with Crippen molar-refractivity contribution in [2.45, 2.75) is 39.5 Å². The SMILES string of the molecule is CCCCN(CCCC)c1ccc(N=Nc2ccc(N=Nc3c(O)ccc4cccc(N)c34)cc2)cc1. The van der Waals surface area contributed by atoms with E-state index in [9.17, 15) is 5.11 Å². The number of hydrogen-bond acceptors (Lipinski definition) is 7. The maximum atomic E-state index is 10.3. The van der Waals surface area contributed by atoms with E-state index in [4.69, 9.17) is 5.73 Å². The molecule has 0 unspecified atom stereocenters. The number of anilines is 2. The van der Waals surface area contributed by atoms with Crippen LogP contribution in [0, 0.1) is 0 Å². The highest BCUT2D eigenvalue weighted by atomic mass is 16.3. The molecule has 0 aliphatic carbocycles. The van der Waals surface area contributed by atoms with Gasteiger partial charge in [-0.2, -0.15) is 15.3 Å². The maximum absolute atomic E-state index is 10.3. The van der Waals surface area contributed by atoms with Gasteiger partial charge in [-0.15, -0.1) is 5.11 Å². The summed E-state index contributed by atoms with van der Waals surface area (Å²) in [6, 6.07) is 24.5. The molecule has 4 aromatic carbocycles. The molecule has 190 valence electrons. The van der Waals surface area contributed by atoms with Crippen LogP contribution in [0.1, 0.15) is 39.5 Å². The number of azo groups is 2. The van der Waals surface area contributed by atoms with Gasteiger partial charge < -0.3 is 15.7 Å². The van der Waals surface area contributed by atoms with Gasteiger partial charge in [-0.25, -0.2) is 0 Å². The maximum Gasteiger partial charge on any atom is 0.143 e. The molecular weight excluding hydrogens is 460 g/mol. The van der Waals surface area contributed by atoms with Gasteiger partial charge in [0.25, 0.3) is 0 Å². The molecule has 0 spiro atoms. The Kier molecular flexibility index (Phi) is 8.81. The van der Waals surface area contributed by atoms with E-state index in [1.54, 1.807) is 12.1 Å². The van der Waals surface area contributed by atoms with Gasteiger partial charge in [-0.05, 0) is 78.9 Å². The summed E-state index contributed by atoms with van der Waals surface area (Å²) in [4.78, 5) is 2.45. The minimum atomic E-state index is 0.0319. The number of rotatable bonds is 11. The summed E-state index contributed by atoms with van der Waals surface area (Å²) in [7, 11) is 0. The van der Waals surface area contributed by atoms with Crippen LogP contribution >= 0.6 is 0 Å². The Labute approximate surface area is 218 Å². The summed E-state index contributed by atoms with van der Waals surface area (Å²) in [5, 5.41) is 29.2. The van der Waals surface area contributed by atoms with Crippen molar-refractivity contribution in [3.05, 3.63) is 78.9 Å². The molecule has 0 aliphatic rings. The number of nitrogens with zero attached hydrogens (tertiary/aromatic N) is 5. The molecule has 0 radical (unpaired) electrons. The Morgan fingerprint density at radius 3 is 1.78 bits per heavy atom. The number of phenolic OH excluding ortho intramolecular Hbond substituents is 1. The Balaban J connectivity index is 1.43. The molecule has 0 aliphatic heterocycles. The van der Waals surface area contributed by atoms with E-state index in [0.29, 0.717) is 28.1 Å². The zero-order valence-electron chi connectivity index (χ0n) is 21.5. The molecule has 4 aromatic rings. The average molecular weight is 495 g/mol. The van der Waals surface area contributed by atoms with Crippen LogP contribution in [0.25, 0.3) is 10.8 Å². The minimum absolute atomic E-state index is 0.0319. The summed E-state index contributed by atoms with van der Waals surface area (Å²) in [6.45, 7) is 6.61. The average Bonchev–Trinajstić information content (AvgIpc) is 2.93. The van der Waals surface area contributed by atoms with E-state index in [2.05, 4.69) is 51.3 Å². The van der Waals surface area contributed by atoms with Gasteiger partial charge in [0.1, 0.15) is 11.4 Å². The standard InChI is InChI=1S/C30H34N6O/c1-3-5-20-36(21-6-4-2)26-17-15-25(16-18-26)33-32-23-11-13-24(14-12-23)34-35-30-28(37)19-10-22-8-7-9-27(31)29(22)30/h7-19,37H,3-6,20-21,31H2,1-2H3. The number of nitrogen functional groups attached to an aromatic ring is 1. The van der Waals surface area contributed by atoms with Crippen LogP contribution < -0.4 is 10.6 Å². The lowest BCUT2D eigenvalue weighted by Gasteiger charge is -2.24. The van der Waals surface area contributed by atoms with Crippen molar-refractivity contribution in [2.75, 3.05) is 23.7 Å². The van der Waals surface area contributed by atoms with Gasteiger partial charge in [0.15, 0.2) is 0 Å². The van der Waals surface area contributed by atoms with Crippen molar-refractivity contribution in [3.63, 3.8) is 0 Å². The van der Waals surface area contributed by atoms with Crippen molar-refractivity contribution in [1.29, 1.82) is 0 Å². The fourth-order valence-corrected chi connectivity index (χ4v) is 4.09. The molecule has 7 heteroatoms. The zero-order chi connectivity index (χ0) is 26.0. The summed E-state index contributed by atoms with van der Waals surface area (Å²) < 4.78 is 0. The Morgan fingerprint density at radius 1 is 0.676 bits per heavy atom. The molecule has 0 aromatic heterocycles. The molecule has 4 rings (SSSR count). The minimum Gasteiger partial charge on any atom is -0.506 e. The van der Waals surface area contributed by atoms with Crippen LogP contribution in [-0.2, 0) is 0 Å². The molecule has 37 heavy (non-hydrogen) atoms. The molecular formula is C30H34N6O. The van der Waals surface area contributed by atoms with Crippen LogP contribution in [0.4, 0.5) is 34.1 Å². The monoisotopic (exact) mass is 494 g/mol. The zero-order valence-corrected chi connectivity index (χ0v) is 21.5. The van der Waals surface area contributed by atoms with Gasteiger partial charge in [0, 0.05) is 29.9 Å². The molecule has 0 saturated carbocycles. The summed E-state index contributed by atoms with van der Waals surface area (Å²) >= 11 is 0. The van der Waals surface area contributed by atoms with Gasteiger partial charge in [-0.3, -0.25) is 0 Å².